The van der Waals surface area contributed by atoms with Crippen molar-refractivity contribution in [1.82, 2.24) is 10.2 Å². The quantitative estimate of drug-likeness (QED) is 0.746. The van der Waals surface area contributed by atoms with E-state index in [0.717, 1.165) is 32.2 Å². The van der Waals surface area contributed by atoms with Crippen molar-refractivity contribution >= 4 is 15.9 Å². The molecule has 0 bridgehead atoms. The number of hydrogen-bond donors (Lipinski definition) is 1. The molecule has 0 aromatic heterocycles. The first-order chi connectivity index (χ1) is 9.76. The van der Waals surface area contributed by atoms with Gasteiger partial charge in [-0.05, 0) is 37.9 Å². The number of methoxy groups -OCH3 is 1. The summed E-state index contributed by atoms with van der Waals surface area (Å²) in [6, 6.07) is 9.67. The van der Waals surface area contributed by atoms with E-state index in [9.17, 15) is 0 Å². The summed E-state index contributed by atoms with van der Waals surface area (Å²) in [6.07, 6.45) is 3.82. The van der Waals surface area contributed by atoms with Crippen molar-refractivity contribution in [3.8, 4) is 0 Å². The highest BCUT2D eigenvalue weighted by Crippen LogP contribution is 2.29. The summed E-state index contributed by atoms with van der Waals surface area (Å²) in [5.74, 6) is 0. The third-order valence-electron chi connectivity index (χ3n) is 3.98. The van der Waals surface area contributed by atoms with Gasteiger partial charge in [-0.15, -0.1) is 0 Å². The van der Waals surface area contributed by atoms with E-state index in [-0.39, 0.29) is 0 Å². The van der Waals surface area contributed by atoms with Crippen molar-refractivity contribution in [3.63, 3.8) is 0 Å². The van der Waals surface area contributed by atoms with Gasteiger partial charge in [0, 0.05) is 36.8 Å². The number of rotatable bonds is 9. The maximum Gasteiger partial charge on any atom is 0.0589 e. The first-order valence-electron chi connectivity index (χ1n) is 7.41. The molecule has 1 unspecified atom stereocenters. The van der Waals surface area contributed by atoms with Crippen LogP contribution in [0, 0.1) is 0 Å². The summed E-state index contributed by atoms with van der Waals surface area (Å²) in [6.45, 7) is 3.00. The molecule has 0 amide bonds. The summed E-state index contributed by atoms with van der Waals surface area (Å²) in [5.41, 5.74) is 1.34. The first kappa shape index (κ1) is 16.0. The molecule has 0 aliphatic heterocycles. The molecule has 4 heteroatoms. The zero-order valence-electron chi connectivity index (χ0n) is 12.4. The fraction of sp³-hybridized carbons (Fsp3) is 0.625. The van der Waals surface area contributed by atoms with Gasteiger partial charge in [0.2, 0.25) is 0 Å². The molecule has 1 fully saturated rings. The standard InChI is InChI=1S/C16H25BrN2O/c1-18-16(14-5-3-4-6-15(14)17)9-10-19(11-12-20-2)13-7-8-13/h3-6,13,16,18H,7-12H2,1-2H3. The molecule has 3 nitrogen and oxygen atoms in total. The normalized spacial score (nSPS) is 16.6. The van der Waals surface area contributed by atoms with Crippen LogP contribution in [-0.2, 0) is 4.74 Å². The summed E-state index contributed by atoms with van der Waals surface area (Å²) in [4.78, 5) is 2.57. The highest BCUT2D eigenvalue weighted by atomic mass is 79.9. The topological polar surface area (TPSA) is 24.5 Å². The number of nitrogens with one attached hydrogen (secondary N) is 1. The lowest BCUT2D eigenvalue weighted by molar-refractivity contribution is 0.140. The van der Waals surface area contributed by atoms with E-state index in [1.807, 2.05) is 7.05 Å². The fourth-order valence-electron chi connectivity index (χ4n) is 2.63. The predicted molar refractivity (Wildman–Crippen MR) is 87.0 cm³/mol. The molecule has 0 radical (unpaired) electrons. The second-order valence-electron chi connectivity index (χ2n) is 5.41. The molecule has 1 N–H and O–H groups in total. The van der Waals surface area contributed by atoms with Crippen LogP contribution in [-0.4, -0.2) is 44.8 Å². The van der Waals surface area contributed by atoms with Crippen LogP contribution in [0.1, 0.15) is 30.9 Å². The van der Waals surface area contributed by atoms with Crippen LogP contribution in [0.5, 0.6) is 0 Å². The van der Waals surface area contributed by atoms with Crippen LogP contribution in [0.3, 0.4) is 0 Å². The van der Waals surface area contributed by atoms with E-state index in [0.29, 0.717) is 6.04 Å². The summed E-state index contributed by atoms with van der Waals surface area (Å²) < 4.78 is 6.41. The minimum absolute atomic E-state index is 0.398. The lowest BCUT2D eigenvalue weighted by atomic mass is 10.0. The Morgan fingerprint density at radius 2 is 2.10 bits per heavy atom. The first-order valence-corrected chi connectivity index (χ1v) is 8.20. The van der Waals surface area contributed by atoms with E-state index in [1.165, 1.54) is 22.9 Å². The monoisotopic (exact) mass is 340 g/mol. The van der Waals surface area contributed by atoms with Gasteiger partial charge in [-0.2, -0.15) is 0 Å². The highest BCUT2D eigenvalue weighted by molar-refractivity contribution is 9.10. The average Bonchev–Trinajstić information content (AvgIpc) is 3.29. The summed E-state index contributed by atoms with van der Waals surface area (Å²) in [5, 5.41) is 3.44. The maximum absolute atomic E-state index is 5.22. The Morgan fingerprint density at radius 3 is 2.70 bits per heavy atom. The molecular weight excluding hydrogens is 316 g/mol. The Balaban J connectivity index is 1.90. The van der Waals surface area contributed by atoms with Gasteiger partial charge >= 0.3 is 0 Å². The Morgan fingerprint density at radius 1 is 1.35 bits per heavy atom. The number of nitrogens with zero attached hydrogens (tertiary/aromatic N) is 1. The maximum atomic E-state index is 5.22. The zero-order valence-corrected chi connectivity index (χ0v) is 14.0. The Hall–Kier alpha value is -0.420. The molecule has 20 heavy (non-hydrogen) atoms. The Labute approximate surface area is 130 Å². The molecule has 0 spiro atoms. The third-order valence-corrected chi connectivity index (χ3v) is 4.70. The minimum atomic E-state index is 0.398. The van der Waals surface area contributed by atoms with E-state index < -0.39 is 0 Å². The lowest BCUT2D eigenvalue weighted by Crippen LogP contribution is -2.33. The molecule has 112 valence electrons. The number of halogens is 1. The van der Waals surface area contributed by atoms with Crippen molar-refractivity contribution < 1.29 is 4.74 Å². The van der Waals surface area contributed by atoms with E-state index in [4.69, 9.17) is 4.74 Å². The second-order valence-corrected chi connectivity index (χ2v) is 6.27. The van der Waals surface area contributed by atoms with Crippen LogP contribution in [0.25, 0.3) is 0 Å². The minimum Gasteiger partial charge on any atom is -0.383 e. The van der Waals surface area contributed by atoms with Gasteiger partial charge in [0.05, 0.1) is 6.61 Å². The molecule has 0 heterocycles. The fourth-order valence-corrected chi connectivity index (χ4v) is 3.19. The van der Waals surface area contributed by atoms with Gasteiger partial charge in [0.15, 0.2) is 0 Å². The molecule has 1 aliphatic rings. The highest BCUT2D eigenvalue weighted by Gasteiger charge is 2.28. The van der Waals surface area contributed by atoms with Crippen molar-refractivity contribution in [2.45, 2.75) is 31.3 Å². The van der Waals surface area contributed by atoms with E-state index in [1.54, 1.807) is 7.11 Å². The SMILES string of the molecule is CNC(CCN(CCOC)C1CC1)c1ccccc1Br. The molecule has 2 rings (SSSR count). The zero-order chi connectivity index (χ0) is 14.4. The third kappa shape index (κ3) is 4.55. The van der Waals surface area contributed by atoms with Gasteiger partial charge in [0.25, 0.3) is 0 Å². The van der Waals surface area contributed by atoms with Crippen LogP contribution >= 0.6 is 15.9 Å². The van der Waals surface area contributed by atoms with Crippen LogP contribution in [0.15, 0.2) is 28.7 Å². The molecule has 0 saturated heterocycles. The molecule has 1 atom stereocenters. The summed E-state index contributed by atoms with van der Waals surface area (Å²) >= 11 is 3.65. The molecule has 1 aliphatic carbocycles. The lowest BCUT2D eigenvalue weighted by Gasteiger charge is -2.25. The molecule has 1 aromatic carbocycles. The van der Waals surface area contributed by atoms with Gasteiger partial charge in [0.1, 0.15) is 0 Å². The Bertz CT molecular complexity index is 409. The van der Waals surface area contributed by atoms with Gasteiger partial charge in [-0.3, -0.25) is 4.90 Å². The van der Waals surface area contributed by atoms with Crippen molar-refractivity contribution in [2.75, 3.05) is 33.9 Å². The number of benzene rings is 1. The molecular formula is C16H25BrN2O. The number of ether oxygens (including phenoxy) is 1. The largest absolute Gasteiger partial charge is 0.383 e. The van der Waals surface area contributed by atoms with Crippen LogP contribution < -0.4 is 5.32 Å². The smallest absolute Gasteiger partial charge is 0.0589 e. The predicted octanol–water partition coefficient (Wildman–Crippen LogP) is 3.21. The van der Waals surface area contributed by atoms with Gasteiger partial charge in [-0.1, -0.05) is 34.1 Å². The van der Waals surface area contributed by atoms with Gasteiger partial charge in [-0.25, -0.2) is 0 Å². The van der Waals surface area contributed by atoms with E-state index in [2.05, 4.69) is 50.4 Å². The second kappa shape index (κ2) is 8.13. The Kier molecular flexibility index (Phi) is 6.49. The van der Waals surface area contributed by atoms with Gasteiger partial charge < -0.3 is 10.1 Å². The van der Waals surface area contributed by atoms with E-state index >= 15 is 0 Å². The van der Waals surface area contributed by atoms with Crippen molar-refractivity contribution in [3.05, 3.63) is 34.3 Å². The average molecular weight is 341 g/mol. The number of hydrogen-bond acceptors (Lipinski definition) is 3. The van der Waals surface area contributed by atoms with Crippen molar-refractivity contribution in [2.24, 2.45) is 0 Å². The molecule has 1 aromatic rings. The molecule has 1 saturated carbocycles. The van der Waals surface area contributed by atoms with Crippen molar-refractivity contribution in [1.29, 1.82) is 0 Å². The van der Waals surface area contributed by atoms with Crippen LogP contribution in [0.4, 0.5) is 0 Å². The summed E-state index contributed by atoms with van der Waals surface area (Å²) in [7, 11) is 3.82. The van der Waals surface area contributed by atoms with Crippen LogP contribution in [0.2, 0.25) is 0 Å².